The fourth-order valence-electron chi connectivity index (χ4n) is 2.69. The molecule has 3 aromatic rings. The zero-order valence-corrected chi connectivity index (χ0v) is 16.1. The number of aliphatic hydroxyl groups is 1. The summed E-state index contributed by atoms with van der Waals surface area (Å²) in [5, 5.41) is 18.9. The molecule has 1 heterocycles. The maximum atomic E-state index is 13.4. The molecule has 0 aliphatic heterocycles. The Labute approximate surface area is 160 Å². The van der Waals surface area contributed by atoms with Crippen LogP contribution in [0.25, 0.3) is 0 Å². The van der Waals surface area contributed by atoms with Gasteiger partial charge in [0.25, 0.3) is 5.88 Å². The van der Waals surface area contributed by atoms with Gasteiger partial charge in [0.15, 0.2) is 0 Å². The molecule has 6 nitrogen and oxygen atoms in total. The third kappa shape index (κ3) is 3.84. The number of benzene rings is 2. The molecular weight excluding hydrogens is 364 g/mol. The van der Waals surface area contributed by atoms with Gasteiger partial charge in [0.2, 0.25) is 5.88 Å². The Kier molecular flexibility index (Phi) is 5.83. The van der Waals surface area contributed by atoms with Crippen molar-refractivity contribution in [1.29, 1.82) is 0 Å². The highest BCUT2D eigenvalue weighted by Gasteiger charge is 2.29. The molecule has 7 heteroatoms. The van der Waals surface area contributed by atoms with Crippen LogP contribution in [-0.4, -0.2) is 33.7 Å². The number of hydrogen-bond acceptors (Lipinski definition) is 6. The molecule has 2 atom stereocenters. The standard InChI is InChI=1S/C20H20N2O4S/c1-13-9-11-15(12-10-13)27(24)18-16(17(23)14-7-5-4-6-8-14)19(25-2)21-22-20(18)26-3/h4-12,17,23H,1-3H3/t17-,27+/m0/s1. The molecule has 2 aromatic carbocycles. The van der Waals surface area contributed by atoms with Crippen LogP contribution in [0.15, 0.2) is 64.4 Å². The minimum atomic E-state index is -1.65. The highest BCUT2D eigenvalue weighted by Crippen LogP contribution is 2.38. The summed E-state index contributed by atoms with van der Waals surface area (Å²) in [5.74, 6) is 0.183. The van der Waals surface area contributed by atoms with E-state index in [4.69, 9.17) is 9.47 Å². The van der Waals surface area contributed by atoms with E-state index in [0.717, 1.165) is 5.56 Å². The van der Waals surface area contributed by atoms with Crippen LogP contribution in [0.4, 0.5) is 0 Å². The summed E-state index contributed by atoms with van der Waals surface area (Å²) in [6.45, 7) is 1.95. The number of aromatic nitrogens is 2. The number of nitrogens with zero attached hydrogens (tertiary/aromatic N) is 2. The molecule has 0 saturated carbocycles. The molecule has 0 aliphatic carbocycles. The molecule has 0 spiro atoms. The molecule has 0 saturated heterocycles. The Morgan fingerprint density at radius 3 is 2.11 bits per heavy atom. The summed E-state index contributed by atoms with van der Waals surface area (Å²) in [4.78, 5) is 0.806. The Balaban J connectivity index is 2.21. The quantitative estimate of drug-likeness (QED) is 0.703. The molecule has 3 rings (SSSR count). The lowest BCUT2D eigenvalue weighted by Crippen LogP contribution is -2.12. The SMILES string of the molecule is COc1nnc(OC)c([S@](=O)c2ccc(C)cc2)c1[C@@H](O)c1ccccc1. The molecule has 0 bridgehead atoms. The maximum absolute atomic E-state index is 13.4. The van der Waals surface area contributed by atoms with Gasteiger partial charge < -0.3 is 14.6 Å². The summed E-state index contributed by atoms with van der Waals surface area (Å²) in [6.07, 6.45) is -1.10. The van der Waals surface area contributed by atoms with Gasteiger partial charge in [0.05, 0.1) is 30.6 Å². The van der Waals surface area contributed by atoms with Crippen LogP contribution in [0.3, 0.4) is 0 Å². The van der Waals surface area contributed by atoms with Crippen LogP contribution >= 0.6 is 0 Å². The van der Waals surface area contributed by atoms with Crippen LogP contribution in [-0.2, 0) is 10.8 Å². The monoisotopic (exact) mass is 384 g/mol. The van der Waals surface area contributed by atoms with Gasteiger partial charge in [0, 0.05) is 4.90 Å². The van der Waals surface area contributed by atoms with Gasteiger partial charge in [0.1, 0.15) is 11.0 Å². The van der Waals surface area contributed by atoms with E-state index in [1.54, 1.807) is 24.3 Å². The molecule has 0 fully saturated rings. The third-order valence-electron chi connectivity index (χ3n) is 4.10. The largest absolute Gasteiger partial charge is 0.480 e. The van der Waals surface area contributed by atoms with Crippen LogP contribution in [0.2, 0.25) is 0 Å². The van der Waals surface area contributed by atoms with Crippen molar-refractivity contribution in [2.24, 2.45) is 0 Å². The first-order valence-electron chi connectivity index (χ1n) is 8.26. The van der Waals surface area contributed by atoms with Gasteiger partial charge in [-0.25, -0.2) is 4.21 Å². The first-order chi connectivity index (χ1) is 13.1. The third-order valence-corrected chi connectivity index (χ3v) is 5.56. The van der Waals surface area contributed by atoms with E-state index in [0.29, 0.717) is 10.5 Å². The second-order valence-corrected chi connectivity index (χ2v) is 7.27. The molecular formula is C20H20N2O4S. The van der Waals surface area contributed by atoms with E-state index < -0.39 is 16.9 Å². The van der Waals surface area contributed by atoms with Crippen LogP contribution in [0.5, 0.6) is 11.8 Å². The number of aryl methyl sites for hydroxylation is 1. The molecule has 0 unspecified atom stereocenters. The fourth-order valence-corrected chi connectivity index (χ4v) is 3.99. The highest BCUT2D eigenvalue weighted by molar-refractivity contribution is 7.85. The molecule has 1 aromatic heterocycles. The maximum Gasteiger partial charge on any atom is 0.250 e. The van der Waals surface area contributed by atoms with Gasteiger partial charge >= 0.3 is 0 Å². The second kappa shape index (κ2) is 8.28. The normalized spacial score (nSPS) is 13.0. The minimum absolute atomic E-state index is 0.0830. The lowest BCUT2D eigenvalue weighted by Gasteiger charge is -2.19. The van der Waals surface area contributed by atoms with Crippen molar-refractivity contribution in [3.63, 3.8) is 0 Å². The highest BCUT2D eigenvalue weighted by atomic mass is 32.2. The minimum Gasteiger partial charge on any atom is -0.480 e. The summed E-state index contributed by atoms with van der Waals surface area (Å²) in [6, 6.07) is 16.3. The number of ether oxygens (including phenoxy) is 2. The summed E-state index contributed by atoms with van der Waals surface area (Å²) in [5.41, 5.74) is 1.94. The van der Waals surface area contributed by atoms with E-state index in [2.05, 4.69) is 10.2 Å². The van der Waals surface area contributed by atoms with E-state index in [1.807, 2.05) is 37.3 Å². The zero-order valence-electron chi connectivity index (χ0n) is 15.2. The fraction of sp³-hybridized carbons (Fsp3) is 0.200. The smallest absolute Gasteiger partial charge is 0.250 e. The van der Waals surface area contributed by atoms with Crippen molar-refractivity contribution in [2.75, 3.05) is 14.2 Å². The predicted molar refractivity (Wildman–Crippen MR) is 101 cm³/mol. The van der Waals surface area contributed by atoms with Crippen LogP contribution < -0.4 is 9.47 Å². The summed E-state index contributed by atoms with van der Waals surface area (Å²) < 4.78 is 24.0. The summed E-state index contributed by atoms with van der Waals surface area (Å²) >= 11 is 0. The second-order valence-electron chi connectivity index (χ2n) is 5.86. The van der Waals surface area contributed by atoms with E-state index in [9.17, 15) is 9.32 Å². The predicted octanol–water partition coefficient (Wildman–Crippen LogP) is 3.05. The number of aliphatic hydroxyl groups excluding tert-OH is 1. The number of hydrogen-bond donors (Lipinski definition) is 1. The molecule has 1 N–H and O–H groups in total. The first kappa shape index (κ1) is 19.0. The molecule has 0 amide bonds. The van der Waals surface area contributed by atoms with Crippen LogP contribution in [0, 0.1) is 6.92 Å². The van der Waals surface area contributed by atoms with E-state index in [-0.39, 0.29) is 22.2 Å². The Morgan fingerprint density at radius 1 is 0.926 bits per heavy atom. The van der Waals surface area contributed by atoms with Crippen molar-refractivity contribution in [2.45, 2.75) is 22.8 Å². The lowest BCUT2D eigenvalue weighted by molar-refractivity contribution is 0.206. The van der Waals surface area contributed by atoms with Crippen molar-refractivity contribution in [3.8, 4) is 11.8 Å². The topological polar surface area (TPSA) is 81.5 Å². The van der Waals surface area contributed by atoms with E-state index in [1.165, 1.54) is 14.2 Å². The van der Waals surface area contributed by atoms with Gasteiger partial charge in [-0.05, 0) is 24.6 Å². The van der Waals surface area contributed by atoms with Gasteiger partial charge in [-0.3, -0.25) is 0 Å². The van der Waals surface area contributed by atoms with Crippen molar-refractivity contribution in [3.05, 3.63) is 71.3 Å². The van der Waals surface area contributed by atoms with Crippen molar-refractivity contribution < 1.29 is 18.8 Å². The first-order valence-corrected chi connectivity index (χ1v) is 9.41. The van der Waals surface area contributed by atoms with Crippen molar-refractivity contribution >= 4 is 10.8 Å². The number of rotatable bonds is 6. The number of methoxy groups -OCH3 is 2. The Bertz CT molecular complexity index is 946. The Hall–Kier alpha value is -2.77. The average Bonchev–Trinajstić information content (AvgIpc) is 2.72. The van der Waals surface area contributed by atoms with Gasteiger partial charge in [-0.15, -0.1) is 10.2 Å². The van der Waals surface area contributed by atoms with Gasteiger partial charge in [-0.2, -0.15) is 0 Å². The molecule has 140 valence electrons. The average molecular weight is 384 g/mol. The lowest BCUT2D eigenvalue weighted by atomic mass is 10.0. The van der Waals surface area contributed by atoms with Gasteiger partial charge in [-0.1, -0.05) is 48.0 Å². The zero-order chi connectivity index (χ0) is 19.4. The van der Waals surface area contributed by atoms with Crippen molar-refractivity contribution in [1.82, 2.24) is 10.2 Å². The van der Waals surface area contributed by atoms with E-state index >= 15 is 0 Å². The molecule has 27 heavy (non-hydrogen) atoms. The Morgan fingerprint density at radius 2 is 1.52 bits per heavy atom. The van der Waals surface area contributed by atoms with Crippen LogP contribution in [0.1, 0.15) is 22.8 Å². The molecule has 0 radical (unpaired) electrons. The molecule has 0 aliphatic rings. The summed E-state index contributed by atoms with van der Waals surface area (Å²) in [7, 11) is 1.20.